The summed E-state index contributed by atoms with van der Waals surface area (Å²) in [7, 11) is 4.96. The van der Waals surface area contributed by atoms with Crippen molar-refractivity contribution in [3.63, 3.8) is 0 Å². The fourth-order valence-electron chi connectivity index (χ4n) is 9.32. The highest BCUT2D eigenvalue weighted by Gasteiger charge is 2.42. The second-order valence-electron chi connectivity index (χ2n) is 19.5. The minimum absolute atomic E-state index is 0.182. The lowest BCUT2D eigenvalue weighted by Gasteiger charge is -2.48. The Labute approximate surface area is 363 Å². The van der Waals surface area contributed by atoms with E-state index in [1.807, 2.05) is 0 Å². The highest BCUT2D eigenvalue weighted by Crippen LogP contribution is 2.39. The first-order valence-electron chi connectivity index (χ1n) is 26.7. The van der Waals surface area contributed by atoms with Crippen molar-refractivity contribution in [2.75, 3.05) is 20.6 Å². The molecular formula is C56H110N+. The fraction of sp³-hybridized carbons (Fsp3) is 0.893. The van der Waals surface area contributed by atoms with E-state index in [2.05, 4.69) is 80.8 Å². The molecule has 1 heteroatoms. The van der Waals surface area contributed by atoms with Crippen LogP contribution in [0.15, 0.2) is 18.2 Å². The average Bonchev–Trinajstić information content (AvgIpc) is 3.21. The molecule has 0 aliphatic heterocycles. The van der Waals surface area contributed by atoms with Gasteiger partial charge < -0.3 is 4.48 Å². The van der Waals surface area contributed by atoms with Crippen LogP contribution in [0.4, 0.5) is 0 Å². The van der Waals surface area contributed by atoms with Crippen molar-refractivity contribution in [1.29, 1.82) is 0 Å². The van der Waals surface area contributed by atoms with Gasteiger partial charge in [0, 0.05) is 12.0 Å². The van der Waals surface area contributed by atoms with Crippen molar-refractivity contribution in [1.82, 2.24) is 0 Å². The van der Waals surface area contributed by atoms with Crippen molar-refractivity contribution in [2.45, 2.75) is 304 Å². The molecule has 0 amide bonds. The van der Waals surface area contributed by atoms with Gasteiger partial charge >= 0.3 is 0 Å². The van der Waals surface area contributed by atoms with Gasteiger partial charge in [0.15, 0.2) is 0 Å². The zero-order chi connectivity index (χ0) is 42.1. The molecule has 1 atom stereocenters. The Kier molecular flexibility index (Phi) is 40.0. The third kappa shape index (κ3) is 30.0. The predicted octanol–water partition coefficient (Wildman–Crippen LogP) is 19.7. The van der Waals surface area contributed by atoms with Crippen molar-refractivity contribution < 1.29 is 4.48 Å². The molecule has 0 radical (unpaired) electrons. The molecule has 0 aliphatic carbocycles. The van der Waals surface area contributed by atoms with Gasteiger partial charge in [0.2, 0.25) is 0 Å². The summed E-state index contributed by atoms with van der Waals surface area (Å²) < 4.78 is 1.10. The van der Waals surface area contributed by atoms with Gasteiger partial charge in [0.25, 0.3) is 0 Å². The minimum Gasteiger partial charge on any atom is -0.320 e. The number of benzene rings is 1. The Balaban J connectivity index is 0.00000123. The van der Waals surface area contributed by atoms with Crippen LogP contribution in [0.2, 0.25) is 0 Å². The van der Waals surface area contributed by atoms with E-state index in [4.69, 9.17) is 0 Å². The average molecular weight is 798 g/mol. The zero-order valence-corrected chi connectivity index (χ0v) is 41.5. The van der Waals surface area contributed by atoms with E-state index >= 15 is 0 Å². The summed E-state index contributed by atoms with van der Waals surface area (Å²) in [6.45, 7) is 17.8. The number of nitrogens with zero attached hydrogens (tertiary/aromatic N) is 1. The van der Waals surface area contributed by atoms with Crippen molar-refractivity contribution in [3.8, 4) is 0 Å². The van der Waals surface area contributed by atoms with E-state index in [0.29, 0.717) is 0 Å². The van der Waals surface area contributed by atoms with Gasteiger partial charge in [-0.1, -0.05) is 271 Å². The SMILES string of the molecule is CCCCCCCCCCCCCCCCCCCCCC.CCCCCCCCCCCCCCCC[N+](C)(C)C(C)(CC)c1cccc(CCCCC)c1C. The molecule has 0 aliphatic rings. The first-order chi connectivity index (χ1) is 27.8. The maximum Gasteiger partial charge on any atom is 0.121 e. The topological polar surface area (TPSA) is 0 Å². The summed E-state index contributed by atoms with van der Waals surface area (Å²) in [4.78, 5) is 0. The Morgan fingerprint density at radius 3 is 0.965 bits per heavy atom. The first-order valence-corrected chi connectivity index (χ1v) is 26.7. The van der Waals surface area contributed by atoms with Crippen LogP contribution in [0.25, 0.3) is 0 Å². The van der Waals surface area contributed by atoms with Crippen LogP contribution in [0.5, 0.6) is 0 Å². The van der Waals surface area contributed by atoms with E-state index in [9.17, 15) is 0 Å². The second kappa shape index (κ2) is 40.6. The number of aryl methyl sites for hydroxylation is 1. The van der Waals surface area contributed by atoms with Gasteiger partial charge in [-0.25, -0.2) is 0 Å². The molecule has 0 saturated carbocycles. The molecule has 0 heterocycles. The van der Waals surface area contributed by atoms with Crippen molar-refractivity contribution >= 4 is 0 Å². The number of rotatable bonds is 41. The molecule has 0 bridgehead atoms. The summed E-state index contributed by atoms with van der Waals surface area (Å²) in [6.07, 6.45) is 55.9. The fourth-order valence-corrected chi connectivity index (χ4v) is 9.32. The van der Waals surface area contributed by atoms with E-state index in [1.54, 1.807) is 16.7 Å². The second-order valence-corrected chi connectivity index (χ2v) is 19.5. The van der Waals surface area contributed by atoms with E-state index in [0.717, 1.165) is 4.48 Å². The summed E-state index contributed by atoms with van der Waals surface area (Å²) in [6, 6.07) is 7.12. The maximum absolute atomic E-state index is 2.52. The molecule has 1 unspecified atom stereocenters. The van der Waals surface area contributed by atoms with Gasteiger partial charge in [-0.05, 0) is 50.7 Å². The highest BCUT2D eigenvalue weighted by molar-refractivity contribution is 5.38. The normalized spacial score (nSPS) is 12.8. The standard InChI is InChI=1S/C34H64N.C22H46/c1-8-11-13-14-15-16-17-18-19-20-21-22-23-25-30-35(6,7)34(5,10-3)33-29-26-28-32(31(33)4)27-24-12-9-2;1-3-5-7-9-11-13-15-17-19-21-22-20-18-16-14-12-10-8-6-4-2/h26,28-29H,8-25,27,30H2,1-7H3;3-22H2,1-2H3/q+1;. The Hall–Kier alpha value is -0.820. The van der Waals surface area contributed by atoms with Crippen LogP contribution in [-0.4, -0.2) is 25.1 Å². The molecule has 57 heavy (non-hydrogen) atoms. The van der Waals surface area contributed by atoms with E-state index in [-0.39, 0.29) is 5.54 Å². The summed E-state index contributed by atoms with van der Waals surface area (Å²) >= 11 is 0. The lowest BCUT2D eigenvalue weighted by atomic mass is 9.81. The maximum atomic E-state index is 2.52. The Bertz CT molecular complexity index is 927. The number of quaternary nitrogens is 1. The van der Waals surface area contributed by atoms with Gasteiger partial charge in [-0.15, -0.1) is 0 Å². The molecule has 338 valence electrons. The van der Waals surface area contributed by atoms with Crippen LogP contribution < -0.4 is 0 Å². The smallest absolute Gasteiger partial charge is 0.121 e. The van der Waals surface area contributed by atoms with Gasteiger partial charge in [0.1, 0.15) is 5.54 Å². The van der Waals surface area contributed by atoms with Crippen molar-refractivity contribution in [3.05, 3.63) is 34.9 Å². The third-order valence-electron chi connectivity index (χ3n) is 14.1. The van der Waals surface area contributed by atoms with Crippen LogP contribution in [0.1, 0.15) is 302 Å². The largest absolute Gasteiger partial charge is 0.320 e. The van der Waals surface area contributed by atoms with Gasteiger partial charge in [-0.2, -0.15) is 0 Å². The Morgan fingerprint density at radius 1 is 0.386 bits per heavy atom. The van der Waals surface area contributed by atoms with Gasteiger partial charge in [-0.3, -0.25) is 0 Å². The number of hydrogen-bond donors (Lipinski definition) is 0. The zero-order valence-electron chi connectivity index (χ0n) is 41.5. The summed E-state index contributed by atoms with van der Waals surface area (Å²) in [5.74, 6) is 0. The quantitative estimate of drug-likeness (QED) is 0.0457. The van der Waals surface area contributed by atoms with E-state index < -0.39 is 0 Å². The van der Waals surface area contributed by atoms with Crippen LogP contribution in [0, 0.1) is 6.92 Å². The molecule has 0 spiro atoms. The van der Waals surface area contributed by atoms with Crippen LogP contribution >= 0.6 is 0 Å². The summed E-state index contributed by atoms with van der Waals surface area (Å²) in [5, 5.41) is 0. The first kappa shape index (κ1) is 56.2. The summed E-state index contributed by atoms with van der Waals surface area (Å²) in [5.41, 5.74) is 4.90. The van der Waals surface area contributed by atoms with Crippen molar-refractivity contribution in [2.24, 2.45) is 0 Å². The lowest BCUT2D eigenvalue weighted by molar-refractivity contribution is -0.948. The molecule has 0 N–H and O–H groups in total. The predicted molar refractivity (Wildman–Crippen MR) is 263 cm³/mol. The molecule has 1 rings (SSSR count). The molecule has 0 aromatic heterocycles. The number of unbranched alkanes of at least 4 members (excludes halogenated alkanes) is 34. The highest BCUT2D eigenvalue weighted by atomic mass is 15.4. The molecule has 1 aromatic carbocycles. The van der Waals surface area contributed by atoms with Gasteiger partial charge in [0.05, 0.1) is 20.6 Å². The molecule has 1 nitrogen and oxygen atoms in total. The molecule has 0 fully saturated rings. The minimum atomic E-state index is 0.182. The molecule has 0 saturated heterocycles. The number of hydrogen-bond acceptors (Lipinski definition) is 0. The third-order valence-corrected chi connectivity index (χ3v) is 14.1. The Morgan fingerprint density at radius 2 is 0.667 bits per heavy atom. The molecular weight excluding hydrogens is 687 g/mol. The van der Waals surface area contributed by atoms with Crippen LogP contribution in [-0.2, 0) is 12.0 Å². The monoisotopic (exact) mass is 797 g/mol. The van der Waals surface area contributed by atoms with E-state index in [1.165, 1.54) is 257 Å². The van der Waals surface area contributed by atoms with Crippen LogP contribution in [0.3, 0.4) is 0 Å². The molecule has 1 aromatic rings. The lowest BCUT2D eigenvalue weighted by Crippen LogP contribution is -2.56.